The number of hydrogen-bond donors (Lipinski definition) is 0. The van der Waals surface area contributed by atoms with Gasteiger partial charge in [0.05, 0.1) is 0 Å². The summed E-state index contributed by atoms with van der Waals surface area (Å²) in [5, 5.41) is 0. The third kappa shape index (κ3) is 12.0. The first-order chi connectivity index (χ1) is 34.9. The Morgan fingerprint density at radius 1 is 0.431 bits per heavy atom. The summed E-state index contributed by atoms with van der Waals surface area (Å²) in [4.78, 5) is 9.26. The Kier molecular flexibility index (Phi) is 16.0. The van der Waals surface area contributed by atoms with Gasteiger partial charge in [-0.3, -0.25) is 0 Å². The van der Waals surface area contributed by atoms with E-state index in [-0.39, 0.29) is 0 Å². The zero-order valence-electron chi connectivity index (χ0n) is 43.3. The fourth-order valence-corrected chi connectivity index (χ4v) is 8.85. The minimum atomic E-state index is 0.533. The average Bonchev–Trinajstić information content (AvgIpc) is 3.40. The molecule has 0 amide bonds. The molecule has 1 atom stereocenters. The van der Waals surface area contributed by atoms with Crippen LogP contribution in [0.25, 0.3) is 11.1 Å². The number of rotatable bonds is 17. The maximum atomic E-state index is 4.27. The summed E-state index contributed by atoms with van der Waals surface area (Å²) in [7, 11) is 0. The van der Waals surface area contributed by atoms with Crippen molar-refractivity contribution in [3.8, 4) is 11.1 Å². The van der Waals surface area contributed by atoms with E-state index in [1.165, 1.54) is 28.0 Å². The number of benzene rings is 7. The molecule has 0 saturated heterocycles. The predicted octanol–water partition coefficient (Wildman–Crippen LogP) is 19.7. The summed E-state index contributed by atoms with van der Waals surface area (Å²) in [5.41, 5.74) is 21.3. The highest BCUT2D eigenvalue weighted by Gasteiger charge is 2.20. The van der Waals surface area contributed by atoms with Gasteiger partial charge in [-0.15, -0.1) is 0 Å². The van der Waals surface area contributed by atoms with Crippen LogP contribution in [0.3, 0.4) is 0 Å². The van der Waals surface area contributed by atoms with E-state index in [1.54, 1.807) is 0 Å². The lowest BCUT2D eigenvalue weighted by Crippen LogP contribution is -2.17. The molecule has 8 rings (SSSR count). The average molecular weight is 941 g/mol. The van der Waals surface area contributed by atoms with Crippen LogP contribution in [-0.4, -0.2) is 0 Å². The third-order valence-electron chi connectivity index (χ3n) is 13.1. The second-order valence-corrected chi connectivity index (χ2v) is 19.1. The first-order valence-corrected chi connectivity index (χ1v) is 25.0. The Balaban J connectivity index is 1.10. The second-order valence-electron chi connectivity index (χ2n) is 19.1. The maximum Gasteiger partial charge on any atom is 0.0463 e. The van der Waals surface area contributed by atoms with E-state index in [4.69, 9.17) is 0 Å². The highest BCUT2D eigenvalue weighted by Crippen LogP contribution is 2.41. The molecule has 0 radical (unpaired) electrons. The summed E-state index contributed by atoms with van der Waals surface area (Å²) >= 11 is 0. The number of nitrogens with zero attached hydrogens (tertiary/aromatic N) is 4. The van der Waals surface area contributed by atoms with Crippen LogP contribution in [-0.2, 0) is 0 Å². The molecule has 0 heterocycles. The Morgan fingerprint density at radius 2 is 0.806 bits per heavy atom. The van der Waals surface area contributed by atoms with Gasteiger partial charge in [0.2, 0.25) is 0 Å². The molecule has 4 heteroatoms. The van der Waals surface area contributed by atoms with Gasteiger partial charge < -0.3 is 19.6 Å². The summed E-state index contributed by atoms with van der Waals surface area (Å²) in [6.45, 7) is 25.3. The second kappa shape index (κ2) is 23.1. The third-order valence-corrected chi connectivity index (χ3v) is 13.1. The molecule has 0 bridgehead atoms. The van der Waals surface area contributed by atoms with E-state index in [9.17, 15) is 0 Å². The predicted molar refractivity (Wildman–Crippen MR) is 313 cm³/mol. The minimum absolute atomic E-state index is 0.533. The van der Waals surface area contributed by atoms with Gasteiger partial charge in [0.1, 0.15) is 0 Å². The van der Waals surface area contributed by atoms with Crippen molar-refractivity contribution >= 4 is 51.2 Å². The van der Waals surface area contributed by atoms with Crippen molar-refractivity contribution in [2.75, 3.05) is 19.6 Å². The molecule has 360 valence electrons. The van der Waals surface area contributed by atoms with Crippen LogP contribution in [0.2, 0.25) is 0 Å². The van der Waals surface area contributed by atoms with Crippen molar-refractivity contribution in [1.29, 1.82) is 0 Å². The van der Waals surface area contributed by atoms with Gasteiger partial charge in [-0.25, -0.2) is 0 Å². The molecular formula is C68H68N4. The minimum Gasteiger partial charge on any atom is -0.315 e. The Hall–Kier alpha value is -8.34. The van der Waals surface area contributed by atoms with E-state index >= 15 is 0 Å². The van der Waals surface area contributed by atoms with E-state index in [0.717, 1.165) is 85.7 Å². The molecule has 7 aromatic carbocycles. The van der Waals surface area contributed by atoms with Crippen molar-refractivity contribution in [3.63, 3.8) is 0 Å². The van der Waals surface area contributed by atoms with Gasteiger partial charge in [-0.05, 0) is 205 Å². The van der Waals surface area contributed by atoms with E-state index in [0.29, 0.717) is 5.92 Å². The Labute approximate surface area is 430 Å². The zero-order chi connectivity index (χ0) is 50.7. The lowest BCUT2D eigenvalue weighted by molar-refractivity contribution is 0.728. The van der Waals surface area contributed by atoms with Crippen molar-refractivity contribution in [2.45, 2.75) is 61.8 Å². The molecule has 1 aliphatic carbocycles. The fourth-order valence-electron chi connectivity index (χ4n) is 8.85. The molecule has 72 heavy (non-hydrogen) atoms. The number of anilines is 9. The molecule has 0 fully saturated rings. The molecule has 0 N–H and O–H groups in total. The van der Waals surface area contributed by atoms with Gasteiger partial charge in [0.15, 0.2) is 0 Å². The zero-order valence-corrected chi connectivity index (χ0v) is 43.3. The molecule has 0 spiro atoms. The van der Waals surface area contributed by atoms with E-state index in [1.807, 2.05) is 12.2 Å². The molecule has 1 aliphatic rings. The number of aryl methyl sites for hydroxylation is 3. The van der Waals surface area contributed by atoms with Gasteiger partial charge in [0.25, 0.3) is 0 Å². The van der Waals surface area contributed by atoms with Gasteiger partial charge in [0, 0.05) is 68.3 Å². The van der Waals surface area contributed by atoms with Crippen LogP contribution in [0.4, 0.5) is 51.2 Å². The van der Waals surface area contributed by atoms with Gasteiger partial charge >= 0.3 is 0 Å². The van der Waals surface area contributed by atoms with Crippen LogP contribution in [0, 0.1) is 26.7 Å². The summed E-state index contributed by atoms with van der Waals surface area (Å²) < 4.78 is 0. The molecular weight excluding hydrogens is 873 g/mol. The van der Waals surface area contributed by atoms with Crippen LogP contribution < -0.4 is 19.6 Å². The Morgan fingerprint density at radius 3 is 1.21 bits per heavy atom. The summed E-state index contributed by atoms with van der Waals surface area (Å²) in [6, 6.07) is 61.8. The van der Waals surface area contributed by atoms with Gasteiger partial charge in [-0.1, -0.05) is 139 Å². The van der Waals surface area contributed by atoms with Crippen molar-refractivity contribution in [3.05, 3.63) is 283 Å². The maximum absolute atomic E-state index is 4.27. The first-order valence-electron chi connectivity index (χ1n) is 25.0. The Bertz CT molecular complexity index is 3160. The molecule has 4 nitrogen and oxygen atoms in total. The van der Waals surface area contributed by atoms with Crippen molar-refractivity contribution in [1.82, 2.24) is 0 Å². The van der Waals surface area contributed by atoms with Crippen molar-refractivity contribution < 1.29 is 0 Å². The van der Waals surface area contributed by atoms with Crippen LogP contribution in [0.5, 0.6) is 0 Å². The lowest BCUT2D eigenvalue weighted by atomic mass is 10.0. The summed E-state index contributed by atoms with van der Waals surface area (Å²) in [6.07, 6.45) is 20.3. The van der Waals surface area contributed by atoms with Crippen molar-refractivity contribution in [2.24, 2.45) is 5.92 Å². The fraction of sp³-hybridized carbons (Fsp3) is 0.147. The van der Waals surface area contributed by atoms with E-state index < -0.39 is 0 Å². The quantitative estimate of drug-likeness (QED) is 0.0844. The number of allylic oxidation sites excluding steroid dienone is 12. The smallest absolute Gasteiger partial charge is 0.0463 e. The molecule has 7 aromatic rings. The van der Waals surface area contributed by atoms with Crippen LogP contribution in [0.1, 0.15) is 57.7 Å². The SMILES string of the molecule is C=C/C(C)=C\C=C(/C)N(c1ccc(C)cc1)c1ccc(N(/C(C=C)=C/C=C(C)C)c2ccc(-c3ccc(N(c4ccc(C)cc4)c4ccc(N(C5=CCC(C)C=C5)c5ccc(C)cc5)cc4)cc3)cc2)cc1. The standard InChI is InChI=1S/C68H68N4/c1-11-50(5)14-23-55(10)69(59-29-15-51(6)16-30-59)60-41-43-66(44-42-60)70(58(12-2)28-13-49(3)4)64-37-24-56(25-38-64)57-26-39-65(40-27-57)72(63-35-21-54(9)22-36-63)68-47-45-67(46-48-68)71(61-31-17-52(7)18-32-61)62-33-19-53(8)20-34-62/h11-19,21-48,53H,1-2,20H2,3-10H3/b50-14-,55-23+,58-28+. The first kappa shape index (κ1) is 50.1. The molecule has 0 saturated carbocycles. The normalized spacial score (nSPS) is 13.8. The largest absolute Gasteiger partial charge is 0.315 e. The van der Waals surface area contributed by atoms with Gasteiger partial charge in [-0.2, -0.15) is 0 Å². The molecule has 0 aliphatic heterocycles. The van der Waals surface area contributed by atoms with Crippen LogP contribution in [0.15, 0.2) is 266 Å². The number of hydrogen-bond acceptors (Lipinski definition) is 4. The monoisotopic (exact) mass is 941 g/mol. The van der Waals surface area contributed by atoms with Crippen LogP contribution >= 0.6 is 0 Å². The van der Waals surface area contributed by atoms with E-state index in [2.05, 4.69) is 301 Å². The molecule has 0 aromatic heterocycles. The lowest BCUT2D eigenvalue weighted by Gasteiger charge is -2.30. The topological polar surface area (TPSA) is 13.0 Å². The summed E-state index contributed by atoms with van der Waals surface area (Å²) in [5.74, 6) is 0.533. The molecule has 1 unspecified atom stereocenters. The highest BCUT2D eigenvalue weighted by atomic mass is 15.2. The highest BCUT2D eigenvalue weighted by molar-refractivity contribution is 5.82.